The Kier molecular flexibility index (Phi) is 3.33. The van der Waals surface area contributed by atoms with E-state index in [4.69, 9.17) is 4.42 Å². The third-order valence-electron chi connectivity index (χ3n) is 3.33. The molecule has 1 aliphatic heterocycles. The third-order valence-corrected chi connectivity index (χ3v) is 3.33. The van der Waals surface area contributed by atoms with E-state index < -0.39 is 0 Å². The van der Waals surface area contributed by atoms with Gasteiger partial charge >= 0.3 is 0 Å². The number of nitrogens with zero attached hydrogens (tertiary/aromatic N) is 2. The molecule has 1 amide bonds. The number of hydrogen-bond acceptors (Lipinski definition) is 4. The van der Waals surface area contributed by atoms with Crippen LogP contribution in [0.2, 0.25) is 0 Å². The fourth-order valence-corrected chi connectivity index (χ4v) is 2.27. The average Bonchev–Trinajstić information content (AvgIpc) is 3.11. The van der Waals surface area contributed by atoms with Crippen LogP contribution in [0, 0.1) is 0 Å². The van der Waals surface area contributed by atoms with Crippen molar-refractivity contribution in [3.63, 3.8) is 0 Å². The van der Waals surface area contributed by atoms with Crippen molar-refractivity contribution in [2.24, 2.45) is 0 Å². The Hall–Kier alpha value is -2.08. The van der Waals surface area contributed by atoms with Gasteiger partial charge < -0.3 is 15.1 Å². The number of carbonyl (C=O) groups excluding carboxylic acids is 1. The largest absolute Gasteiger partial charge is 0.472 e. The lowest BCUT2D eigenvalue weighted by atomic mass is 10.1. The molecule has 3 rings (SSSR count). The molecule has 2 aromatic heterocycles. The van der Waals surface area contributed by atoms with E-state index in [1.807, 2.05) is 10.9 Å². The lowest BCUT2D eigenvalue weighted by molar-refractivity contribution is 0.102. The van der Waals surface area contributed by atoms with E-state index in [9.17, 15) is 4.79 Å². The summed E-state index contributed by atoms with van der Waals surface area (Å²) in [6.07, 6.45) is 8.60. The van der Waals surface area contributed by atoms with Crippen LogP contribution >= 0.6 is 0 Å². The molecule has 0 radical (unpaired) electrons. The first-order chi connectivity index (χ1) is 9.33. The van der Waals surface area contributed by atoms with E-state index in [0.717, 1.165) is 25.9 Å². The average molecular weight is 260 g/mol. The monoisotopic (exact) mass is 260 g/mol. The van der Waals surface area contributed by atoms with Crippen LogP contribution in [0.4, 0.5) is 5.69 Å². The lowest BCUT2D eigenvalue weighted by Gasteiger charge is -2.22. The van der Waals surface area contributed by atoms with Crippen LogP contribution in [0.3, 0.4) is 0 Å². The second-order valence-electron chi connectivity index (χ2n) is 4.66. The van der Waals surface area contributed by atoms with E-state index >= 15 is 0 Å². The van der Waals surface area contributed by atoms with Gasteiger partial charge in [-0.1, -0.05) is 0 Å². The van der Waals surface area contributed by atoms with Gasteiger partial charge in [-0.25, -0.2) is 0 Å². The highest BCUT2D eigenvalue weighted by atomic mass is 16.3. The number of amides is 1. The molecule has 100 valence electrons. The molecular formula is C13H16N4O2. The summed E-state index contributed by atoms with van der Waals surface area (Å²) in [7, 11) is 0. The molecule has 1 saturated heterocycles. The van der Waals surface area contributed by atoms with Crippen molar-refractivity contribution < 1.29 is 9.21 Å². The van der Waals surface area contributed by atoms with Gasteiger partial charge in [0.1, 0.15) is 6.26 Å². The van der Waals surface area contributed by atoms with Gasteiger partial charge in [-0.3, -0.25) is 9.48 Å². The van der Waals surface area contributed by atoms with Gasteiger partial charge in [-0.15, -0.1) is 0 Å². The van der Waals surface area contributed by atoms with Crippen molar-refractivity contribution in [2.45, 2.75) is 18.9 Å². The van der Waals surface area contributed by atoms with Gasteiger partial charge in [0, 0.05) is 6.20 Å². The molecule has 2 N–H and O–H groups in total. The quantitative estimate of drug-likeness (QED) is 0.880. The Morgan fingerprint density at radius 1 is 1.47 bits per heavy atom. The number of carbonyl (C=O) groups is 1. The van der Waals surface area contributed by atoms with Gasteiger partial charge in [-0.05, 0) is 32.0 Å². The van der Waals surface area contributed by atoms with E-state index in [-0.39, 0.29) is 5.91 Å². The Labute approximate surface area is 110 Å². The van der Waals surface area contributed by atoms with Crippen LogP contribution in [0.1, 0.15) is 29.2 Å². The Morgan fingerprint density at radius 3 is 3.05 bits per heavy atom. The number of aromatic nitrogens is 2. The molecule has 0 unspecified atom stereocenters. The first-order valence-electron chi connectivity index (χ1n) is 6.41. The number of rotatable bonds is 3. The molecule has 0 atom stereocenters. The Morgan fingerprint density at radius 2 is 2.32 bits per heavy atom. The van der Waals surface area contributed by atoms with Gasteiger partial charge in [0.2, 0.25) is 0 Å². The second-order valence-corrected chi connectivity index (χ2v) is 4.66. The number of piperidine rings is 1. The lowest BCUT2D eigenvalue weighted by Crippen LogP contribution is -2.29. The summed E-state index contributed by atoms with van der Waals surface area (Å²) in [6.45, 7) is 2.03. The SMILES string of the molecule is O=C(Nc1cnn(C2CCNCC2)c1)c1ccoc1. The van der Waals surface area contributed by atoms with Crippen molar-refractivity contribution in [3.8, 4) is 0 Å². The van der Waals surface area contributed by atoms with Gasteiger partial charge in [0.15, 0.2) is 0 Å². The van der Waals surface area contributed by atoms with Crippen LogP contribution in [-0.2, 0) is 0 Å². The van der Waals surface area contributed by atoms with Crippen LogP contribution in [0.25, 0.3) is 0 Å². The predicted octanol–water partition coefficient (Wildman–Crippen LogP) is 1.65. The van der Waals surface area contributed by atoms with E-state index in [1.165, 1.54) is 12.5 Å². The molecule has 0 spiro atoms. The molecule has 0 saturated carbocycles. The fourth-order valence-electron chi connectivity index (χ4n) is 2.27. The van der Waals surface area contributed by atoms with Crippen LogP contribution in [0.15, 0.2) is 35.4 Å². The number of furan rings is 1. The normalized spacial score (nSPS) is 16.4. The minimum atomic E-state index is -0.182. The molecule has 19 heavy (non-hydrogen) atoms. The molecule has 1 fully saturated rings. The zero-order chi connectivity index (χ0) is 13.1. The molecular weight excluding hydrogens is 244 g/mol. The fraction of sp³-hybridized carbons (Fsp3) is 0.385. The standard InChI is InChI=1S/C13H16N4O2/c18-13(10-3-6-19-9-10)16-11-7-15-17(8-11)12-1-4-14-5-2-12/h3,6-9,12,14H,1-2,4-5H2,(H,16,18). The first-order valence-corrected chi connectivity index (χ1v) is 6.41. The maximum Gasteiger partial charge on any atom is 0.259 e. The molecule has 1 aliphatic rings. The highest BCUT2D eigenvalue weighted by Crippen LogP contribution is 2.19. The summed E-state index contributed by atoms with van der Waals surface area (Å²) in [5.74, 6) is -0.182. The van der Waals surface area contributed by atoms with Crippen molar-refractivity contribution in [2.75, 3.05) is 18.4 Å². The van der Waals surface area contributed by atoms with Crippen molar-refractivity contribution in [1.82, 2.24) is 15.1 Å². The molecule has 0 aromatic carbocycles. The highest BCUT2D eigenvalue weighted by Gasteiger charge is 2.16. The van der Waals surface area contributed by atoms with Crippen molar-refractivity contribution in [3.05, 3.63) is 36.5 Å². The van der Waals surface area contributed by atoms with Crippen molar-refractivity contribution in [1.29, 1.82) is 0 Å². The Bertz CT molecular complexity index is 541. The molecule has 0 aliphatic carbocycles. The third kappa shape index (κ3) is 2.68. The van der Waals surface area contributed by atoms with Gasteiger partial charge in [0.25, 0.3) is 5.91 Å². The zero-order valence-electron chi connectivity index (χ0n) is 10.5. The van der Waals surface area contributed by atoms with Crippen LogP contribution < -0.4 is 10.6 Å². The summed E-state index contributed by atoms with van der Waals surface area (Å²) in [5.41, 5.74) is 1.22. The summed E-state index contributed by atoms with van der Waals surface area (Å²) in [5, 5.41) is 10.5. The van der Waals surface area contributed by atoms with E-state index in [1.54, 1.807) is 12.3 Å². The second kappa shape index (κ2) is 5.27. The number of nitrogens with one attached hydrogen (secondary N) is 2. The predicted molar refractivity (Wildman–Crippen MR) is 70.0 cm³/mol. The van der Waals surface area contributed by atoms with E-state index in [0.29, 0.717) is 17.3 Å². The Balaban J connectivity index is 1.66. The zero-order valence-corrected chi connectivity index (χ0v) is 10.5. The van der Waals surface area contributed by atoms with Crippen LogP contribution in [-0.4, -0.2) is 28.8 Å². The van der Waals surface area contributed by atoms with E-state index in [2.05, 4.69) is 15.7 Å². The highest BCUT2D eigenvalue weighted by molar-refractivity contribution is 6.03. The first kappa shape index (κ1) is 12.0. The summed E-state index contributed by atoms with van der Waals surface area (Å²) in [4.78, 5) is 11.8. The molecule has 6 nitrogen and oxygen atoms in total. The van der Waals surface area contributed by atoms with Crippen molar-refractivity contribution >= 4 is 11.6 Å². The molecule has 6 heteroatoms. The summed E-state index contributed by atoms with van der Waals surface area (Å²) < 4.78 is 6.82. The van der Waals surface area contributed by atoms with Gasteiger partial charge in [0.05, 0.1) is 29.8 Å². The summed E-state index contributed by atoms with van der Waals surface area (Å²) in [6, 6.07) is 2.05. The molecule has 2 aromatic rings. The number of hydrogen-bond donors (Lipinski definition) is 2. The molecule has 0 bridgehead atoms. The maximum absolute atomic E-state index is 11.8. The van der Waals surface area contributed by atoms with Gasteiger partial charge in [-0.2, -0.15) is 5.10 Å². The molecule has 3 heterocycles. The minimum absolute atomic E-state index is 0.182. The van der Waals surface area contributed by atoms with Crippen LogP contribution in [0.5, 0.6) is 0 Å². The maximum atomic E-state index is 11.8. The number of anilines is 1. The topological polar surface area (TPSA) is 72.1 Å². The smallest absolute Gasteiger partial charge is 0.259 e. The summed E-state index contributed by atoms with van der Waals surface area (Å²) >= 11 is 0. The minimum Gasteiger partial charge on any atom is -0.472 e.